The minimum absolute atomic E-state index is 0.121. The van der Waals surface area contributed by atoms with Gasteiger partial charge in [0.15, 0.2) is 0 Å². The highest BCUT2D eigenvalue weighted by atomic mass is 16.6. The molecule has 0 fully saturated rings. The molecule has 88 valence electrons. The molecular weight excluding hydrogens is 196 g/mol. The zero-order chi connectivity index (χ0) is 12.3. The summed E-state index contributed by atoms with van der Waals surface area (Å²) < 4.78 is 5.09. The number of nitrogens with zero attached hydrogens (tertiary/aromatic N) is 2. The fourth-order valence-corrected chi connectivity index (χ4v) is 0.885. The zero-order valence-corrected chi connectivity index (χ0v) is 10.3. The van der Waals surface area contributed by atoms with Gasteiger partial charge in [0.05, 0.1) is 10.8 Å². The van der Waals surface area contributed by atoms with Gasteiger partial charge in [-0.05, 0) is 41.5 Å². The summed E-state index contributed by atoms with van der Waals surface area (Å²) in [7, 11) is 0. The Hall–Kier alpha value is -1.13. The van der Waals surface area contributed by atoms with Crippen LogP contribution in [0.1, 0.15) is 41.5 Å². The normalized spacial score (nSPS) is 12.1. The van der Waals surface area contributed by atoms with Crippen LogP contribution in [0.15, 0.2) is 5.29 Å². The predicted molar refractivity (Wildman–Crippen MR) is 58.1 cm³/mol. The Kier molecular flexibility index (Phi) is 4.25. The molecule has 0 aromatic heterocycles. The van der Waals surface area contributed by atoms with Gasteiger partial charge in [0, 0.05) is 0 Å². The Balaban J connectivity index is 4.33. The van der Waals surface area contributed by atoms with E-state index in [2.05, 4.69) is 5.29 Å². The fraction of sp³-hybridized carbons (Fsp3) is 0.900. The van der Waals surface area contributed by atoms with Gasteiger partial charge in [0.2, 0.25) is 0 Å². The van der Waals surface area contributed by atoms with E-state index in [1.165, 1.54) is 5.01 Å². The summed E-state index contributed by atoms with van der Waals surface area (Å²) in [4.78, 5) is 21.9. The first-order valence-corrected chi connectivity index (χ1v) is 4.89. The van der Waals surface area contributed by atoms with Gasteiger partial charge >= 0.3 is 5.97 Å². The van der Waals surface area contributed by atoms with Gasteiger partial charge in [-0.25, -0.2) is 5.01 Å². The summed E-state index contributed by atoms with van der Waals surface area (Å²) in [5.41, 5.74) is -1.01. The van der Waals surface area contributed by atoms with Crippen molar-refractivity contribution >= 4 is 5.97 Å². The highest BCUT2D eigenvalue weighted by Crippen LogP contribution is 2.14. The number of esters is 1. The van der Waals surface area contributed by atoms with Crippen molar-refractivity contribution in [2.45, 2.75) is 52.7 Å². The van der Waals surface area contributed by atoms with Crippen molar-refractivity contribution in [3.63, 3.8) is 0 Å². The lowest BCUT2D eigenvalue weighted by atomic mass is 10.1. The van der Waals surface area contributed by atoms with Crippen LogP contribution in [-0.4, -0.2) is 28.7 Å². The average Bonchev–Trinajstić information content (AvgIpc) is 1.94. The maximum atomic E-state index is 11.4. The van der Waals surface area contributed by atoms with E-state index in [-0.39, 0.29) is 6.54 Å². The van der Waals surface area contributed by atoms with Gasteiger partial charge in [-0.3, -0.25) is 4.79 Å². The molecule has 5 nitrogen and oxygen atoms in total. The predicted octanol–water partition coefficient (Wildman–Crippen LogP) is 2.11. The van der Waals surface area contributed by atoms with Gasteiger partial charge in [0.25, 0.3) is 0 Å². The van der Waals surface area contributed by atoms with Gasteiger partial charge in [0.1, 0.15) is 12.1 Å². The van der Waals surface area contributed by atoms with Crippen molar-refractivity contribution in [1.82, 2.24) is 5.01 Å². The average molecular weight is 216 g/mol. The van der Waals surface area contributed by atoms with Crippen molar-refractivity contribution in [2.24, 2.45) is 5.29 Å². The first-order valence-electron chi connectivity index (χ1n) is 4.89. The molecule has 0 atom stereocenters. The smallest absolute Gasteiger partial charge is 0.327 e. The molecule has 0 rings (SSSR count). The third kappa shape index (κ3) is 6.04. The Morgan fingerprint density at radius 2 is 1.67 bits per heavy atom. The minimum atomic E-state index is -0.538. The van der Waals surface area contributed by atoms with E-state index in [1.807, 2.05) is 0 Å². The molecule has 5 heteroatoms. The van der Waals surface area contributed by atoms with Crippen LogP contribution in [0.5, 0.6) is 0 Å². The molecule has 0 aromatic rings. The van der Waals surface area contributed by atoms with Crippen LogP contribution in [0.4, 0.5) is 0 Å². The van der Waals surface area contributed by atoms with E-state index in [9.17, 15) is 9.70 Å². The summed E-state index contributed by atoms with van der Waals surface area (Å²) >= 11 is 0. The van der Waals surface area contributed by atoms with Gasteiger partial charge in [-0.1, -0.05) is 0 Å². The molecule has 0 radical (unpaired) electrons. The third-order valence-electron chi connectivity index (χ3n) is 1.57. The second-order valence-electron chi connectivity index (χ2n) is 5.40. The van der Waals surface area contributed by atoms with Gasteiger partial charge < -0.3 is 4.74 Å². The number of hydrogen-bond acceptors (Lipinski definition) is 4. The quantitative estimate of drug-likeness (QED) is 0.412. The third-order valence-corrected chi connectivity index (χ3v) is 1.57. The summed E-state index contributed by atoms with van der Waals surface area (Å²) in [6, 6.07) is 0. The first kappa shape index (κ1) is 13.9. The maximum Gasteiger partial charge on any atom is 0.327 e. The van der Waals surface area contributed by atoms with E-state index < -0.39 is 17.1 Å². The highest BCUT2D eigenvalue weighted by Gasteiger charge is 2.26. The summed E-state index contributed by atoms with van der Waals surface area (Å²) in [6.45, 7) is 10.6. The SMILES string of the molecule is CC(C)(C)OC(=O)CN(N=O)C(C)(C)C. The van der Waals surface area contributed by atoms with Crippen molar-refractivity contribution in [3.05, 3.63) is 4.91 Å². The van der Waals surface area contributed by atoms with Crippen LogP contribution >= 0.6 is 0 Å². The molecule has 0 spiro atoms. The number of carbonyl (C=O) groups is 1. The van der Waals surface area contributed by atoms with Crippen molar-refractivity contribution < 1.29 is 9.53 Å². The second kappa shape index (κ2) is 4.59. The number of carbonyl (C=O) groups excluding carboxylic acids is 1. The van der Waals surface area contributed by atoms with Crippen molar-refractivity contribution in [1.29, 1.82) is 0 Å². The second-order valence-corrected chi connectivity index (χ2v) is 5.40. The fourth-order valence-electron chi connectivity index (χ4n) is 0.885. The Morgan fingerprint density at radius 3 is 1.93 bits per heavy atom. The molecule has 0 aromatic carbocycles. The number of ether oxygens (including phenoxy) is 1. The lowest BCUT2D eigenvalue weighted by Gasteiger charge is -2.30. The number of nitroso groups, excluding NO2 is 1. The Morgan fingerprint density at radius 1 is 1.20 bits per heavy atom. The molecular formula is C10H20N2O3. The van der Waals surface area contributed by atoms with Crippen molar-refractivity contribution in [3.8, 4) is 0 Å². The van der Waals surface area contributed by atoms with Crippen LogP contribution in [0.25, 0.3) is 0 Å². The Bertz CT molecular complexity index is 238. The van der Waals surface area contributed by atoms with E-state index in [4.69, 9.17) is 4.74 Å². The molecule has 0 aliphatic carbocycles. The number of hydrogen-bond donors (Lipinski definition) is 0. The highest BCUT2D eigenvalue weighted by molar-refractivity contribution is 5.72. The van der Waals surface area contributed by atoms with Crippen LogP contribution in [0.3, 0.4) is 0 Å². The number of rotatable bonds is 3. The van der Waals surface area contributed by atoms with E-state index in [0.29, 0.717) is 0 Å². The van der Waals surface area contributed by atoms with Crippen LogP contribution in [0, 0.1) is 4.91 Å². The largest absolute Gasteiger partial charge is 0.459 e. The van der Waals surface area contributed by atoms with E-state index in [0.717, 1.165) is 0 Å². The lowest BCUT2D eigenvalue weighted by Crippen LogP contribution is -2.42. The molecule has 0 N–H and O–H groups in total. The standard InChI is InChI=1S/C10H20N2O3/c1-9(2,3)12(11-14)7-8(13)15-10(4,5)6/h7H2,1-6H3. The van der Waals surface area contributed by atoms with Crippen LogP contribution in [0.2, 0.25) is 0 Å². The van der Waals surface area contributed by atoms with Gasteiger partial charge in [-0.15, -0.1) is 4.91 Å². The molecule has 0 bridgehead atoms. The molecule has 0 saturated heterocycles. The zero-order valence-electron chi connectivity index (χ0n) is 10.3. The summed E-state index contributed by atoms with van der Waals surface area (Å²) in [6.07, 6.45) is 0. The first-order chi connectivity index (χ1) is 6.56. The monoisotopic (exact) mass is 216 g/mol. The molecule has 0 heterocycles. The molecule has 0 aliphatic rings. The van der Waals surface area contributed by atoms with E-state index in [1.54, 1.807) is 41.5 Å². The molecule has 0 aliphatic heterocycles. The summed E-state index contributed by atoms with van der Waals surface area (Å²) in [5, 5.41) is 3.98. The topological polar surface area (TPSA) is 59.0 Å². The Labute approximate surface area is 90.7 Å². The molecule has 15 heavy (non-hydrogen) atoms. The van der Waals surface area contributed by atoms with Crippen LogP contribution < -0.4 is 0 Å². The molecule has 0 amide bonds. The molecule has 0 unspecified atom stereocenters. The van der Waals surface area contributed by atoms with E-state index >= 15 is 0 Å². The minimum Gasteiger partial charge on any atom is -0.459 e. The van der Waals surface area contributed by atoms with Gasteiger partial charge in [-0.2, -0.15) is 0 Å². The lowest BCUT2D eigenvalue weighted by molar-refractivity contribution is -0.157. The molecule has 0 saturated carbocycles. The maximum absolute atomic E-state index is 11.4. The van der Waals surface area contributed by atoms with Crippen LogP contribution in [-0.2, 0) is 9.53 Å². The van der Waals surface area contributed by atoms with Crippen molar-refractivity contribution in [2.75, 3.05) is 6.54 Å². The summed E-state index contributed by atoms with van der Waals surface area (Å²) in [5.74, 6) is -0.447.